The van der Waals surface area contributed by atoms with Gasteiger partial charge in [-0.3, -0.25) is 0 Å². The summed E-state index contributed by atoms with van der Waals surface area (Å²) in [6.07, 6.45) is 0. The van der Waals surface area contributed by atoms with Crippen molar-refractivity contribution in [2.45, 2.75) is 6.92 Å². The van der Waals surface area contributed by atoms with E-state index in [0.717, 1.165) is 10.4 Å². The zero-order chi connectivity index (χ0) is 12.1. The third-order valence-corrected chi connectivity index (χ3v) is 6.97. The molecular formula is C12H13O2PS2. The largest absolute Gasteiger partial charge is 0.440 e. The molecule has 0 spiro atoms. The van der Waals surface area contributed by atoms with E-state index in [-0.39, 0.29) is 0 Å². The van der Waals surface area contributed by atoms with E-state index in [1.165, 1.54) is 0 Å². The first-order valence-electron chi connectivity index (χ1n) is 5.28. The van der Waals surface area contributed by atoms with Gasteiger partial charge in [0, 0.05) is 0 Å². The minimum absolute atomic E-state index is 0.558. The minimum atomic E-state index is -2.39. The van der Waals surface area contributed by atoms with Gasteiger partial charge in [-0.25, -0.2) is 0 Å². The van der Waals surface area contributed by atoms with Gasteiger partial charge in [0.1, 0.15) is 5.75 Å². The monoisotopic (exact) mass is 284 g/mol. The molecule has 5 heteroatoms. The molecule has 0 aliphatic carbocycles. The van der Waals surface area contributed by atoms with Crippen LogP contribution in [0.1, 0.15) is 6.92 Å². The van der Waals surface area contributed by atoms with Crippen molar-refractivity contribution in [3.05, 3.63) is 47.8 Å². The van der Waals surface area contributed by atoms with E-state index in [2.05, 4.69) is 0 Å². The molecule has 0 aliphatic rings. The Morgan fingerprint density at radius 1 is 1.18 bits per heavy atom. The quantitative estimate of drug-likeness (QED) is 0.778. The first-order valence-corrected chi connectivity index (χ1v) is 8.79. The molecule has 1 atom stereocenters. The van der Waals surface area contributed by atoms with Gasteiger partial charge in [-0.1, -0.05) is 24.3 Å². The van der Waals surface area contributed by atoms with Crippen LogP contribution in [-0.4, -0.2) is 6.61 Å². The Morgan fingerprint density at radius 2 is 1.94 bits per heavy atom. The van der Waals surface area contributed by atoms with Crippen molar-refractivity contribution in [3.8, 4) is 5.75 Å². The third-order valence-electron chi connectivity index (χ3n) is 2.04. The van der Waals surface area contributed by atoms with Crippen LogP contribution in [0.15, 0.2) is 47.8 Å². The standard InChI is InChI=1S/C12H13O2PS2/c1-2-13-15(16,12-9-6-10-17-12)14-11-7-4-3-5-8-11/h3-10H,2H2,1H3. The van der Waals surface area contributed by atoms with Crippen molar-refractivity contribution in [2.24, 2.45) is 0 Å². The SMILES string of the molecule is CCOP(=S)(Oc1ccccc1)c1cccs1. The predicted molar refractivity (Wildman–Crippen MR) is 76.9 cm³/mol. The molecule has 1 aromatic heterocycles. The Bertz CT molecular complexity index is 496. The molecule has 1 aromatic carbocycles. The molecule has 1 unspecified atom stereocenters. The fourth-order valence-electron chi connectivity index (χ4n) is 1.35. The highest BCUT2D eigenvalue weighted by molar-refractivity contribution is 8.15. The van der Waals surface area contributed by atoms with E-state index in [4.69, 9.17) is 20.9 Å². The number of hydrogen-bond donors (Lipinski definition) is 0. The number of para-hydroxylation sites is 1. The van der Waals surface area contributed by atoms with Gasteiger partial charge >= 0.3 is 0 Å². The summed E-state index contributed by atoms with van der Waals surface area (Å²) in [4.78, 5) is 0. The van der Waals surface area contributed by atoms with Crippen LogP contribution in [0.5, 0.6) is 5.75 Å². The average molecular weight is 284 g/mol. The Morgan fingerprint density at radius 3 is 2.53 bits per heavy atom. The Hall–Kier alpha value is -0.670. The lowest BCUT2D eigenvalue weighted by molar-refractivity contribution is 0.339. The third kappa shape index (κ3) is 3.17. The maximum Gasteiger partial charge on any atom is 0.279 e. The maximum absolute atomic E-state index is 5.90. The summed E-state index contributed by atoms with van der Waals surface area (Å²) < 4.78 is 12.6. The number of rotatable bonds is 5. The summed E-state index contributed by atoms with van der Waals surface area (Å²) in [5.41, 5.74) is 0. The second-order valence-electron chi connectivity index (χ2n) is 3.27. The zero-order valence-corrected chi connectivity index (χ0v) is 11.9. The normalized spacial score (nSPS) is 14.2. The molecule has 0 fully saturated rings. The Kier molecular flexibility index (Phi) is 4.35. The molecule has 0 bridgehead atoms. The van der Waals surface area contributed by atoms with Crippen LogP contribution in [-0.2, 0) is 16.3 Å². The molecule has 2 nitrogen and oxygen atoms in total. The summed E-state index contributed by atoms with van der Waals surface area (Å²) in [7, 11) is 0. The molecule has 0 saturated heterocycles. The lowest BCUT2D eigenvalue weighted by atomic mass is 10.3. The molecule has 0 saturated carbocycles. The molecular weight excluding hydrogens is 271 g/mol. The summed E-state index contributed by atoms with van der Waals surface area (Å²) in [6, 6.07) is 13.5. The van der Waals surface area contributed by atoms with Crippen LogP contribution < -0.4 is 9.14 Å². The van der Waals surface area contributed by atoms with E-state index in [0.29, 0.717) is 6.61 Å². The molecule has 0 aliphatic heterocycles. The zero-order valence-electron chi connectivity index (χ0n) is 9.41. The molecule has 1 heterocycles. The van der Waals surface area contributed by atoms with Gasteiger partial charge in [-0.2, -0.15) is 0 Å². The second kappa shape index (κ2) is 5.78. The minimum Gasteiger partial charge on any atom is -0.440 e. The van der Waals surface area contributed by atoms with Gasteiger partial charge in [-0.05, 0) is 42.3 Å². The Balaban J connectivity index is 2.27. The highest BCUT2D eigenvalue weighted by atomic mass is 32.5. The van der Waals surface area contributed by atoms with Crippen molar-refractivity contribution in [3.63, 3.8) is 0 Å². The number of benzene rings is 1. The van der Waals surface area contributed by atoms with Crippen molar-refractivity contribution in [2.75, 3.05) is 6.61 Å². The predicted octanol–water partition coefficient (Wildman–Crippen LogP) is 3.80. The van der Waals surface area contributed by atoms with Crippen LogP contribution in [0.25, 0.3) is 0 Å². The van der Waals surface area contributed by atoms with E-state index in [1.807, 2.05) is 54.8 Å². The fraction of sp³-hybridized carbons (Fsp3) is 0.167. The van der Waals surface area contributed by atoms with Gasteiger partial charge in [-0.15, -0.1) is 11.3 Å². The van der Waals surface area contributed by atoms with E-state index >= 15 is 0 Å². The second-order valence-corrected chi connectivity index (χ2v) is 7.88. The molecule has 0 N–H and O–H groups in total. The van der Waals surface area contributed by atoms with Crippen molar-refractivity contribution < 1.29 is 9.05 Å². The van der Waals surface area contributed by atoms with Crippen LogP contribution >= 0.6 is 17.8 Å². The molecule has 90 valence electrons. The summed E-state index contributed by atoms with van der Waals surface area (Å²) in [5.74, 6) is 0.762. The van der Waals surface area contributed by atoms with Crippen LogP contribution in [0.2, 0.25) is 0 Å². The summed E-state index contributed by atoms with van der Waals surface area (Å²) in [5, 5.41) is 1.99. The fourth-order valence-corrected chi connectivity index (χ4v) is 5.20. The highest BCUT2D eigenvalue weighted by Crippen LogP contribution is 2.48. The van der Waals surface area contributed by atoms with Gasteiger partial charge < -0.3 is 9.05 Å². The van der Waals surface area contributed by atoms with Gasteiger partial charge in [0.15, 0.2) is 0 Å². The molecule has 17 heavy (non-hydrogen) atoms. The molecule has 2 rings (SSSR count). The Labute approximate surface area is 110 Å². The summed E-state index contributed by atoms with van der Waals surface area (Å²) >= 11 is 7.16. The maximum atomic E-state index is 5.90. The number of thiophene rings is 1. The van der Waals surface area contributed by atoms with Crippen molar-refractivity contribution in [1.29, 1.82) is 0 Å². The molecule has 0 amide bonds. The lowest BCUT2D eigenvalue weighted by Gasteiger charge is -2.21. The van der Waals surface area contributed by atoms with Crippen LogP contribution in [0.3, 0.4) is 0 Å². The van der Waals surface area contributed by atoms with Gasteiger partial charge in [0.2, 0.25) is 0 Å². The first-order chi connectivity index (χ1) is 8.24. The lowest BCUT2D eigenvalue weighted by Crippen LogP contribution is -2.08. The first kappa shape index (κ1) is 12.8. The summed E-state index contributed by atoms with van der Waals surface area (Å²) in [6.45, 7) is 0.0971. The van der Waals surface area contributed by atoms with Crippen molar-refractivity contribution in [1.82, 2.24) is 0 Å². The highest BCUT2D eigenvalue weighted by Gasteiger charge is 2.24. The van der Waals surface area contributed by atoms with Crippen LogP contribution in [0, 0.1) is 0 Å². The van der Waals surface area contributed by atoms with Gasteiger partial charge in [0.25, 0.3) is 6.49 Å². The van der Waals surface area contributed by atoms with Crippen molar-refractivity contribution >= 4 is 34.3 Å². The molecule has 2 aromatic rings. The van der Waals surface area contributed by atoms with E-state index in [1.54, 1.807) is 11.3 Å². The smallest absolute Gasteiger partial charge is 0.279 e. The van der Waals surface area contributed by atoms with E-state index < -0.39 is 6.49 Å². The topological polar surface area (TPSA) is 18.5 Å². The van der Waals surface area contributed by atoms with Crippen LogP contribution in [0.4, 0.5) is 0 Å². The molecule has 0 radical (unpaired) electrons. The number of hydrogen-bond acceptors (Lipinski definition) is 4. The van der Waals surface area contributed by atoms with Gasteiger partial charge in [0.05, 0.1) is 11.2 Å². The van der Waals surface area contributed by atoms with E-state index in [9.17, 15) is 0 Å². The average Bonchev–Trinajstić information content (AvgIpc) is 2.84.